The molecule has 0 unspecified atom stereocenters. The van der Waals surface area contributed by atoms with Gasteiger partial charge in [0.2, 0.25) is 0 Å². The maximum Gasteiger partial charge on any atom is 0.297 e. The van der Waals surface area contributed by atoms with E-state index in [2.05, 4.69) is 9.68 Å². The first-order valence-electron chi connectivity index (χ1n) is 4.48. The van der Waals surface area contributed by atoms with Crippen LogP contribution in [0.25, 0.3) is 0 Å². The minimum absolute atomic E-state index is 0.249. The van der Waals surface area contributed by atoms with E-state index in [9.17, 15) is 8.42 Å². The minimum Gasteiger partial charge on any atom is -0.343 e. The molecule has 0 atom stereocenters. The third kappa shape index (κ3) is 1.93. The molecular weight excluding hydrogens is 226 g/mol. The summed E-state index contributed by atoms with van der Waals surface area (Å²) in [4.78, 5) is 0. The Balaban J connectivity index is 2.25. The van der Waals surface area contributed by atoms with E-state index in [1.54, 1.807) is 0 Å². The maximum atomic E-state index is 10.9. The lowest BCUT2D eigenvalue weighted by Gasteiger charge is -2.00. The molecule has 1 saturated carbocycles. The zero-order chi connectivity index (χ0) is 10.2. The standard InChI is InChI=1S/C8H10ClNO3S/c9-14(11,12)8-5-7(10-13-8)6-3-1-2-4-6/h5-6H,1-4H2. The van der Waals surface area contributed by atoms with Crippen molar-refractivity contribution in [3.8, 4) is 0 Å². The second-order valence-electron chi connectivity index (χ2n) is 3.49. The molecule has 0 aliphatic heterocycles. The molecule has 1 aliphatic rings. The Morgan fingerprint density at radius 1 is 1.43 bits per heavy atom. The molecule has 78 valence electrons. The van der Waals surface area contributed by atoms with Crippen molar-refractivity contribution in [2.24, 2.45) is 0 Å². The number of halogens is 1. The molecule has 0 saturated heterocycles. The fourth-order valence-corrected chi connectivity index (χ4v) is 2.41. The van der Waals surface area contributed by atoms with Gasteiger partial charge in [-0.25, -0.2) is 8.42 Å². The summed E-state index contributed by atoms with van der Waals surface area (Å²) in [6.45, 7) is 0. The van der Waals surface area contributed by atoms with Crippen LogP contribution in [0, 0.1) is 0 Å². The summed E-state index contributed by atoms with van der Waals surface area (Å²) in [6, 6.07) is 1.43. The third-order valence-electron chi connectivity index (χ3n) is 2.52. The van der Waals surface area contributed by atoms with E-state index in [0.29, 0.717) is 11.6 Å². The Bertz CT molecular complexity index is 420. The van der Waals surface area contributed by atoms with Gasteiger partial charge in [-0.1, -0.05) is 18.0 Å². The second-order valence-corrected chi connectivity index (χ2v) is 5.99. The van der Waals surface area contributed by atoms with Crippen molar-refractivity contribution in [1.82, 2.24) is 5.16 Å². The zero-order valence-corrected chi connectivity index (χ0v) is 9.01. The van der Waals surface area contributed by atoms with Crippen LogP contribution in [0.2, 0.25) is 0 Å². The Labute approximate surface area is 86.6 Å². The molecule has 4 nitrogen and oxygen atoms in total. The van der Waals surface area contributed by atoms with Gasteiger partial charge in [-0.05, 0) is 12.8 Å². The van der Waals surface area contributed by atoms with E-state index >= 15 is 0 Å². The summed E-state index contributed by atoms with van der Waals surface area (Å²) in [5.41, 5.74) is 0.710. The second kappa shape index (κ2) is 3.55. The van der Waals surface area contributed by atoms with Crippen LogP contribution in [0.3, 0.4) is 0 Å². The van der Waals surface area contributed by atoms with E-state index in [0.717, 1.165) is 12.8 Å². The molecule has 1 aliphatic carbocycles. The van der Waals surface area contributed by atoms with E-state index in [4.69, 9.17) is 10.7 Å². The molecule has 14 heavy (non-hydrogen) atoms. The molecule has 6 heteroatoms. The molecule has 0 spiro atoms. The van der Waals surface area contributed by atoms with Crippen molar-refractivity contribution in [3.05, 3.63) is 11.8 Å². The van der Waals surface area contributed by atoms with Crippen LogP contribution >= 0.6 is 10.7 Å². The first-order valence-corrected chi connectivity index (χ1v) is 6.79. The van der Waals surface area contributed by atoms with Crippen molar-refractivity contribution in [2.45, 2.75) is 36.7 Å². The van der Waals surface area contributed by atoms with Gasteiger partial charge in [0.1, 0.15) is 0 Å². The van der Waals surface area contributed by atoms with Crippen LogP contribution in [0.4, 0.5) is 0 Å². The fraction of sp³-hybridized carbons (Fsp3) is 0.625. The fourth-order valence-electron chi connectivity index (χ4n) is 1.80. The van der Waals surface area contributed by atoms with Crippen LogP contribution in [-0.4, -0.2) is 13.6 Å². The molecule has 0 amide bonds. The first-order chi connectivity index (χ1) is 6.57. The van der Waals surface area contributed by atoms with E-state index < -0.39 is 9.05 Å². The molecule has 1 aromatic heterocycles. The van der Waals surface area contributed by atoms with Crippen molar-refractivity contribution < 1.29 is 12.9 Å². The summed E-state index contributed by atoms with van der Waals surface area (Å²) in [7, 11) is 1.35. The van der Waals surface area contributed by atoms with E-state index in [-0.39, 0.29) is 5.09 Å². The first kappa shape index (κ1) is 9.98. The largest absolute Gasteiger partial charge is 0.343 e. The summed E-state index contributed by atoms with van der Waals surface area (Å²) in [5, 5.41) is 3.48. The van der Waals surface area contributed by atoms with Crippen molar-refractivity contribution in [2.75, 3.05) is 0 Å². The van der Waals surface area contributed by atoms with Crippen LogP contribution in [0.5, 0.6) is 0 Å². The average Bonchev–Trinajstić information content (AvgIpc) is 2.73. The molecule has 0 N–H and O–H groups in total. The molecule has 0 bridgehead atoms. The third-order valence-corrected chi connectivity index (χ3v) is 3.65. The molecule has 2 rings (SSSR count). The zero-order valence-electron chi connectivity index (χ0n) is 7.44. The predicted octanol–water partition coefficient (Wildman–Crippen LogP) is 2.26. The number of hydrogen-bond acceptors (Lipinski definition) is 4. The van der Waals surface area contributed by atoms with E-state index in [1.807, 2.05) is 0 Å². The van der Waals surface area contributed by atoms with Gasteiger partial charge in [0, 0.05) is 22.7 Å². The van der Waals surface area contributed by atoms with Gasteiger partial charge < -0.3 is 4.52 Å². The van der Waals surface area contributed by atoms with Crippen LogP contribution in [0.15, 0.2) is 15.7 Å². The van der Waals surface area contributed by atoms with Crippen LogP contribution < -0.4 is 0 Å². The summed E-state index contributed by atoms with van der Waals surface area (Å²) < 4.78 is 26.5. The molecule has 0 radical (unpaired) electrons. The lowest BCUT2D eigenvalue weighted by atomic mass is 10.1. The van der Waals surface area contributed by atoms with Gasteiger partial charge in [-0.3, -0.25) is 0 Å². The molecule has 1 fully saturated rings. The highest BCUT2D eigenvalue weighted by Crippen LogP contribution is 2.34. The normalized spacial score (nSPS) is 18.9. The number of nitrogens with zero attached hydrogens (tertiary/aromatic N) is 1. The van der Waals surface area contributed by atoms with Crippen molar-refractivity contribution >= 4 is 19.7 Å². The monoisotopic (exact) mass is 235 g/mol. The molecule has 1 heterocycles. The highest BCUT2D eigenvalue weighted by atomic mass is 35.7. The number of aromatic nitrogens is 1. The van der Waals surface area contributed by atoms with Gasteiger partial charge in [-0.15, -0.1) is 0 Å². The van der Waals surface area contributed by atoms with Crippen LogP contribution in [-0.2, 0) is 9.05 Å². The summed E-state index contributed by atoms with van der Waals surface area (Å²) in [6.07, 6.45) is 4.43. The molecule has 0 aromatic carbocycles. The lowest BCUT2D eigenvalue weighted by Crippen LogP contribution is -1.91. The van der Waals surface area contributed by atoms with Gasteiger partial charge in [0.25, 0.3) is 14.1 Å². The van der Waals surface area contributed by atoms with Gasteiger partial charge >= 0.3 is 0 Å². The van der Waals surface area contributed by atoms with Crippen molar-refractivity contribution in [1.29, 1.82) is 0 Å². The van der Waals surface area contributed by atoms with Gasteiger partial charge in [0.05, 0.1) is 5.69 Å². The SMILES string of the molecule is O=S(=O)(Cl)c1cc(C2CCCC2)no1. The minimum atomic E-state index is -3.77. The van der Waals surface area contributed by atoms with Gasteiger partial charge in [-0.2, -0.15) is 0 Å². The highest BCUT2D eigenvalue weighted by molar-refractivity contribution is 8.13. The Morgan fingerprint density at radius 2 is 2.07 bits per heavy atom. The van der Waals surface area contributed by atoms with E-state index in [1.165, 1.54) is 18.9 Å². The highest BCUT2D eigenvalue weighted by Gasteiger charge is 2.24. The predicted molar refractivity (Wildman–Crippen MR) is 50.8 cm³/mol. The smallest absolute Gasteiger partial charge is 0.297 e. The topological polar surface area (TPSA) is 60.2 Å². The summed E-state index contributed by atoms with van der Waals surface area (Å²) >= 11 is 0. The quantitative estimate of drug-likeness (QED) is 0.738. The maximum absolute atomic E-state index is 10.9. The molecule has 1 aromatic rings. The Hall–Kier alpha value is -0.550. The van der Waals surface area contributed by atoms with Crippen LogP contribution in [0.1, 0.15) is 37.3 Å². The van der Waals surface area contributed by atoms with Gasteiger partial charge in [0.15, 0.2) is 0 Å². The Morgan fingerprint density at radius 3 is 2.57 bits per heavy atom. The average molecular weight is 236 g/mol. The summed E-state index contributed by atoms with van der Waals surface area (Å²) in [5.74, 6) is 0.339. The van der Waals surface area contributed by atoms with Crippen molar-refractivity contribution in [3.63, 3.8) is 0 Å². The number of hydrogen-bond donors (Lipinski definition) is 0. The Kier molecular flexibility index (Phi) is 2.53. The number of rotatable bonds is 2. The lowest BCUT2D eigenvalue weighted by molar-refractivity contribution is 0.333. The molecular formula is C8H10ClNO3S.